The van der Waals surface area contributed by atoms with Gasteiger partial charge in [0.2, 0.25) is 0 Å². The number of anilines is 2. The van der Waals surface area contributed by atoms with Gasteiger partial charge in [-0.2, -0.15) is 0 Å². The summed E-state index contributed by atoms with van der Waals surface area (Å²) in [6.45, 7) is 3.15. The van der Waals surface area contributed by atoms with Gasteiger partial charge in [-0.05, 0) is 49.4 Å². The Morgan fingerprint density at radius 1 is 1.09 bits per heavy atom. The van der Waals surface area contributed by atoms with Crippen molar-refractivity contribution in [3.63, 3.8) is 0 Å². The lowest BCUT2D eigenvalue weighted by Crippen LogP contribution is -2.16. The number of ether oxygens (including phenoxy) is 1. The Hall–Kier alpha value is -4.05. The number of rotatable bonds is 5. The van der Waals surface area contributed by atoms with E-state index < -0.39 is 5.91 Å². The van der Waals surface area contributed by atoms with Gasteiger partial charge in [-0.15, -0.1) is 0 Å². The second kappa shape index (κ2) is 8.95. The lowest BCUT2D eigenvalue weighted by Gasteiger charge is -2.25. The van der Waals surface area contributed by atoms with Gasteiger partial charge >= 0.3 is 5.76 Å². The Bertz CT molecular complexity index is 1470. The van der Waals surface area contributed by atoms with Crippen molar-refractivity contribution in [2.75, 3.05) is 25.2 Å². The molecule has 0 spiro atoms. The third-order valence-electron chi connectivity index (χ3n) is 6.55. The van der Waals surface area contributed by atoms with Crippen molar-refractivity contribution in [3.8, 4) is 11.4 Å². The summed E-state index contributed by atoms with van der Waals surface area (Å²) in [5.74, 6) is -0.210. The molecule has 1 aromatic carbocycles. The number of nitrogens with zero attached hydrogens (tertiary/aromatic N) is 5. The zero-order chi connectivity index (χ0) is 24.7. The van der Waals surface area contributed by atoms with Crippen LogP contribution in [-0.2, 0) is 11.8 Å². The molecule has 10 nitrogen and oxygen atoms in total. The highest BCUT2D eigenvalue weighted by Crippen LogP contribution is 2.36. The largest absolute Gasteiger partial charge is 0.419 e. The van der Waals surface area contributed by atoms with Gasteiger partial charge in [0.1, 0.15) is 5.69 Å². The number of benzene rings is 1. The van der Waals surface area contributed by atoms with E-state index in [-0.39, 0.29) is 17.4 Å². The number of oxazole rings is 1. The summed E-state index contributed by atoms with van der Waals surface area (Å²) in [7, 11) is 3.64. The van der Waals surface area contributed by atoms with Crippen LogP contribution in [0.15, 0.2) is 46.0 Å². The molecule has 0 unspecified atom stereocenters. The van der Waals surface area contributed by atoms with Crippen LogP contribution < -0.4 is 16.4 Å². The van der Waals surface area contributed by atoms with Gasteiger partial charge in [0, 0.05) is 50.3 Å². The van der Waals surface area contributed by atoms with Gasteiger partial charge in [0.25, 0.3) is 5.91 Å². The molecule has 0 aliphatic carbocycles. The molecular weight excluding hydrogens is 448 g/mol. The lowest BCUT2D eigenvalue weighted by atomic mass is 9.90. The number of hydrogen-bond acceptors (Lipinski definition) is 8. The molecule has 4 aromatic rings. The van der Waals surface area contributed by atoms with E-state index in [2.05, 4.69) is 21.0 Å². The number of pyridine rings is 1. The molecule has 35 heavy (non-hydrogen) atoms. The van der Waals surface area contributed by atoms with Crippen LogP contribution in [0.1, 0.15) is 40.4 Å². The summed E-state index contributed by atoms with van der Waals surface area (Å²) in [6.07, 6.45) is 6.75. The van der Waals surface area contributed by atoms with Crippen LogP contribution in [0.2, 0.25) is 0 Å². The highest BCUT2D eigenvalue weighted by molar-refractivity contribution is 5.92. The quantitative estimate of drug-likeness (QED) is 0.467. The predicted octanol–water partition coefficient (Wildman–Crippen LogP) is 3.05. The van der Waals surface area contributed by atoms with Crippen molar-refractivity contribution in [2.24, 2.45) is 12.8 Å². The predicted molar refractivity (Wildman–Crippen MR) is 131 cm³/mol. The van der Waals surface area contributed by atoms with Gasteiger partial charge in [-0.3, -0.25) is 14.3 Å². The molecule has 1 aliphatic heterocycles. The fourth-order valence-corrected chi connectivity index (χ4v) is 4.49. The normalized spacial score (nSPS) is 14.4. The first kappa shape index (κ1) is 22.7. The minimum Gasteiger partial charge on any atom is -0.407 e. The highest BCUT2D eigenvalue weighted by atomic mass is 16.5. The van der Waals surface area contributed by atoms with E-state index in [1.54, 1.807) is 38.6 Å². The fourth-order valence-electron chi connectivity index (χ4n) is 4.49. The molecule has 1 saturated heterocycles. The maximum atomic E-state index is 12.3. The molecule has 1 fully saturated rings. The van der Waals surface area contributed by atoms with E-state index in [4.69, 9.17) is 14.9 Å². The Labute approximate surface area is 201 Å². The number of primary amides is 1. The second-order valence-electron chi connectivity index (χ2n) is 8.77. The first-order valence-electron chi connectivity index (χ1n) is 11.4. The van der Waals surface area contributed by atoms with Crippen LogP contribution >= 0.6 is 0 Å². The molecule has 0 atom stereocenters. The lowest BCUT2D eigenvalue weighted by molar-refractivity contribution is 0.0854. The molecule has 10 heteroatoms. The number of aromatic nitrogens is 4. The summed E-state index contributed by atoms with van der Waals surface area (Å²) in [6, 6.07) is 5.80. The third kappa shape index (κ3) is 4.17. The number of amides is 1. The maximum Gasteiger partial charge on any atom is 0.419 e. The minimum atomic E-state index is -0.570. The van der Waals surface area contributed by atoms with Crippen molar-refractivity contribution in [3.05, 3.63) is 64.2 Å². The fraction of sp³-hybridized carbons (Fsp3) is 0.320. The van der Waals surface area contributed by atoms with Gasteiger partial charge in [0.05, 0.1) is 23.6 Å². The first-order valence-corrected chi connectivity index (χ1v) is 11.4. The summed E-state index contributed by atoms with van der Waals surface area (Å²) in [4.78, 5) is 38.9. The molecule has 3 aromatic heterocycles. The van der Waals surface area contributed by atoms with Crippen molar-refractivity contribution in [1.29, 1.82) is 0 Å². The van der Waals surface area contributed by atoms with E-state index in [9.17, 15) is 9.59 Å². The molecule has 1 aliphatic rings. The molecule has 0 saturated carbocycles. The Morgan fingerprint density at radius 3 is 2.46 bits per heavy atom. The zero-order valence-corrected chi connectivity index (χ0v) is 19.8. The smallest absolute Gasteiger partial charge is 0.407 e. The summed E-state index contributed by atoms with van der Waals surface area (Å²) in [5, 5.41) is 0. The van der Waals surface area contributed by atoms with Crippen LogP contribution in [0.25, 0.3) is 22.5 Å². The number of carbonyl (C=O) groups is 1. The summed E-state index contributed by atoms with van der Waals surface area (Å²) < 4.78 is 12.7. The number of fused-ring (bicyclic) bond motifs is 1. The van der Waals surface area contributed by atoms with E-state index in [1.807, 2.05) is 18.0 Å². The van der Waals surface area contributed by atoms with E-state index >= 15 is 0 Å². The van der Waals surface area contributed by atoms with Gasteiger partial charge in [-0.1, -0.05) is 0 Å². The average Bonchev–Trinajstić information content (AvgIpc) is 3.16. The Balaban J connectivity index is 1.50. The third-order valence-corrected chi connectivity index (χ3v) is 6.55. The van der Waals surface area contributed by atoms with Crippen LogP contribution in [0.3, 0.4) is 0 Å². The molecule has 0 radical (unpaired) electrons. The minimum absolute atomic E-state index is 0.231. The molecular formula is C25H26N6O4. The highest BCUT2D eigenvalue weighted by Gasteiger charge is 2.23. The maximum absolute atomic E-state index is 12.3. The summed E-state index contributed by atoms with van der Waals surface area (Å²) in [5.41, 5.74) is 11.0. The van der Waals surface area contributed by atoms with Gasteiger partial charge in [-0.25, -0.2) is 14.8 Å². The Morgan fingerprint density at radius 2 is 1.80 bits per heavy atom. The number of carbonyl (C=O) groups excluding carboxylic acids is 1. The van der Waals surface area contributed by atoms with Crippen molar-refractivity contribution < 1.29 is 13.9 Å². The zero-order valence-electron chi connectivity index (χ0n) is 19.8. The van der Waals surface area contributed by atoms with Crippen LogP contribution in [0.4, 0.5) is 11.4 Å². The monoisotopic (exact) mass is 474 g/mol. The van der Waals surface area contributed by atoms with E-state index in [0.717, 1.165) is 35.3 Å². The number of hydrogen-bond donors (Lipinski definition) is 1. The van der Waals surface area contributed by atoms with Crippen molar-refractivity contribution in [2.45, 2.75) is 25.7 Å². The SMILES string of the molecule is Cc1cc(-c2ncc(N(C)c3cc(C4CCOCC4)c4oc(=O)n(C)c4c3)cn2)cnc1C(N)=O. The molecule has 180 valence electrons. The van der Waals surface area contributed by atoms with Gasteiger partial charge in [0.15, 0.2) is 11.4 Å². The first-order chi connectivity index (χ1) is 16.8. The molecule has 2 N–H and O–H groups in total. The molecule has 5 rings (SSSR count). The topological polar surface area (TPSA) is 129 Å². The Kier molecular flexibility index (Phi) is 5.81. The van der Waals surface area contributed by atoms with E-state index in [0.29, 0.717) is 35.7 Å². The molecule has 0 bridgehead atoms. The van der Waals surface area contributed by atoms with Crippen LogP contribution in [0.5, 0.6) is 0 Å². The standard InChI is InChI=1S/C25H26N6O4/c1-14-8-16(11-27-21(14)23(26)32)24-28-12-18(13-29-24)30(2)17-9-19(15-4-6-34-7-5-15)22-20(10-17)31(3)25(33)35-22/h8-13,15H,4-7H2,1-3H3,(H2,26,32). The van der Waals surface area contributed by atoms with Crippen molar-refractivity contribution >= 4 is 28.4 Å². The molecule has 1 amide bonds. The second-order valence-corrected chi connectivity index (χ2v) is 8.77. The summed E-state index contributed by atoms with van der Waals surface area (Å²) >= 11 is 0. The molecule has 4 heterocycles. The van der Waals surface area contributed by atoms with Crippen LogP contribution in [-0.4, -0.2) is 45.7 Å². The van der Waals surface area contributed by atoms with Crippen LogP contribution in [0, 0.1) is 6.92 Å². The number of nitrogens with two attached hydrogens (primary N) is 1. The van der Waals surface area contributed by atoms with Gasteiger partial charge < -0.3 is 19.8 Å². The average molecular weight is 475 g/mol. The number of aryl methyl sites for hydroxylation is 2. The van der Waals surface area contributed by atoms with E-state index in [1.165, 1.54) is 4.57 Å². The van der Waals surface area contributed by atoms with Crippen molar-refractivity contribution in [1.82, 2.24) is 19.5 Å².